The Hall–Kier alpha value is -2.28. The normalized spacial score (nSPS) is 12.1. The summed E-state index contributed by atoms with van der Waals surface area (Å²) in [4.78, 5) is 13.5. The summed E-state index contributed by atoms with van der Waals surface area (Å²) in [7, 11) is 1.61. The largest absolute Gasteiger partial charge is 0.463 e. The first-order chi connectivity index (χ1) is 8.15. The van der Waals surface area contributed by atoms with Gasteiger partial charge in [-0.2, -0.15) is 5.26 Å². The minimum atomic E-state index is -0.462. The third-order valence-electron chi connectivity index (χ3n) is 2.80. The van der Waals surface area contributed by atoms with Gasteiger partial charge in [-0.3, -0.25) is 4.79 Å². The van der Waals surface area contributed by atoms with Crippen LogP contribution >= 0.6 is 0 Å². The van der Waals surface area contributed by atoms with Crippen LogP contribution in [0.4, 0.5) is 0 Å². The highest BCUT2D eigenvalue weighted by Crippen LogP contribution is 2.22. The summed E-state index contributed by atoms with van der Waals surface area (Å²) in [5, 5.41) is 9.57. The Morgan fingerprint density at radius 2 is 2.18 bits per heavy atom. The maximum Gasteiger partial charge on any atom is 0.258 e. The van der Waals surface area contributed by atoms with Crippen LogP contribution in [-0.2, 0) is 0 Å². The molecule has 0 aliphatic heterocycles. The molecule has 2 aromatic rings. The Balaban J connectivity index is 2.41. The molecule has 1 aromatic carbocycles. The first-order valence-corrected chi connectivity index (χ1v) is 5.28. The molecule has 0 aliphatic rings. The average molecular weight is 228 g/mol. The van der Waals surface area contributed by atoms with Crippen molar-refractivity contribution in [3.05, 3.63) is 36.1 Å². The number of nitriles is 1. The second-order valence-corrected chi connectivity index (χ2v) is 3.87. The van der Waals surface area contributed by atoms with Gasteiger partial charge in [-0.15, -0.1) is 0 Å². The highest BCUT2D eigenvalue weighted by Gasteiger charge is 2.20. The van der Waals surface area contributed by atoms with Gasteiger partial charge in [-0.25, -0.2) is 0 Å². The van der Waals surface area contributed by atoms with E-state index in [4.69, 9.17) is 9.68 Å². The van der Waals surface area contributed by atoms with E-state index in [1.165, 1.54) is 11.2 Å². The van der Waals surface area contributed by atoms with E-state index in [-0.39, 0.29) is 5.91 Å². The summed E-state index contributed by atoms with van der Waals surface area (Å²) in [6.07, 6.45) is 1.44. The first kappa shape index (κ1) is 11.2. The van der Waals surface area contributed by atoms with Gasteiger partial charge in [-0.1, -0.05) is 18.2 Å². The molecule has 0 spiro atoms. The fourth-order valence-electron chi connectivity index (χ4n) is 1.60. The van der Waals surface area contributed by atoms with E-state index in [1.807, 2.05) is 24.3 Å². The number of rotatable bonds is 2. The summed E-state index contributed by atoms with van der Waals surface area (Å²) in [6.45, 7) is 1.68. The van der Waals surface area contributed by atoms with E-state index < -0.39 is 6.04 Å². The van der Waals surface area contributed by atoms with Crippen molar-refractivity contribution in [1.82, 2.24) is 4.90 Å². The molecule has 0 N–H and O–H groups in total. The maximum atomic E-state index is 12.1. The summed E-state index contributed by atoms with van der Waals surface area (Å²) in [6, 6.07) is 8.90. The minimum Gasteiger partial charge on any atom is -0.463 e. The third kappa shape index (κ3) is 1.87. The van der Waals surface area contributed by atoms with Crippen LogP contribution in [0.25, 0.3) is 11.0 Å². The molecule has 86 valence electrons. The summed E-state index contributed by atoms with van der Waals surface area (Å²) < 4.78 is 5.30. The molecule has 1 amide bonds. The number of furan rings is 1. The van der Waals surface area contributed by atoms with E-state index in [2.05, 4.69) is 0 Å². The number of carbonyl (C=O) groups excluding carboxylic acids is 1. The fraction of sp³-hybridized carbons (Fsp3) is 0.231. The second-order valence-electron chi connectivity index (χ2n) is 3.87. The van der Waals surface area contributed by atoms with Gasteiger partial charge >= 0.3 is 0 Å². The Kier molecular flexibility index (Phi) is 2.84. The molecule has 0 saturated heterocycles. The number of nitrogens with zero attached hydrogens (tertiary/aromatic N) is 2. The molecule has 17 heavy (non-hydrogen) atoms. The second kappa shape index (κ2) is 4.30. The summed E-state index contributed by atoms with van der Waals surface area (Å²) >= 11 is 0. The Bertz CT molecular complexity index is 595. The third-order valence-corrected chi connectivity index (χ3v) is 2.80. The van der Waals surface area contributed by atoms with Crippen molar-refractivity contribution in [3.8, 4) is 6.07 Å². The number of hydrogen-bond acceptors (Lipinski definition) is 3. The van der Waals surface area contributed by atoms with Crippen LogP contribution in [-0.4, -0.2) is 23.9 Å². The van der Waals surface area contributed by atoms with Crippen molar-refractivity contribution in [2.45, 2.75) is 13.0 Å². The van der Waals surface area contributed by atoms with Gasteiger partial charge in [0, 0.05) is 12.4 Å². The van der Waals surface area contributed by atoms with Gasteiger partial charge in [-0.05, 0) is 13.0 Å². The van der Waals surface area contributed by atoms with E-state index in [9.17, 15) is 4.79 Å². The van der Waals surface area contributed by atoms with Gasteiger partial charge in [0.15, 0.2) is 0 Å². The minimum absolute atomic E-state index is 0.205. The number of amides is 1. The highest BCUT2D eigenvalue weighted by atomic mass is 16.3. The zero-order valence-electron chi connectivity index (χ0n) is 9.68. The lowest BCUT2D eigenvalue weighted by molar-refractivity contribution is 0.0774. The molecule has 1 atom stereocenters. The predicted octanol–water partition coefficient (Wildman–Crippen LogP) is 2.42. The number of fused-ring (bicyclic) bond motifs is 1. The van der Waals surface area contributed by atoms with Crippen molar-refractivity contribution < 1.29 is 9.21 Å². The van der Waals surface area contributed by atoms with E-state index in [0.29, 0.717) is 11.1 Å². The van der Waals surface area contributed by atoms with Crippen LogP contribution in [0.2, 0.25) is 0 Å². The Labute approximate surface area is 99.0 Å². The molecule has 0 aliphatic carbocycles. The molecule has 1 heterocycles. The molecule has 4 heteroatoms. The van der Waals surface area contributed by atoms with Gasteiger partial charge in [0.2, 0.25) is 0 Å². The van der Waals surface area contributed by atoms with Crippen LogP contribution in [0.15, 0.2) is 34.9 Å². The average Bonchev–Trinajstić information content (AvgIpc) is 2.79. The van der Waals surface area contributed by atoms with E-state index in [0.717, 1.165) is 5.39 Å². The highest BCUT2D eigenvalue weighted by molar-refractivity contribution is 6.05. The van der Waals surface area contributed by atoms with Gasteiger partial charge in [0.25, 0.3) is 5.91 Å². The lowest BCUT2D eigenvalue weighted by Gasteiger charge is -2.18. The SMILES string of the molecule is CC(C#N)N(C)C(=O)c1coc2ccccc12. The maximum absolute atomic E-state index is 12.1. The zero-order chi connectivity index (χ0) is 12.4. The smallest absolute Gasteiger partial charge is 0.258 e. The topological polar surface area (TPSA) is 57.2 Å². The lowest BCUT2D eigenvalue weighted by Crippen LogP contribution is -2.33. The standard InChI is InChI=1S/C13H12N2O2/c1-9(7-14)15(2)13(16)11-8-17-12-6-4-3-5-10(11)12/h3-6,8-9H,1-2H3. The van der Waals surface area contributed by atoms with E-state index in [1.54, 1.807) is 20.0 Å². The first-order valence-electron chi connectivity index (χ1n) is 5.28. The Morgan fingerprint density at radius 1 is 1.47 bits per heavy atom. The van der Waals surface area contributed by atoms with Crippen LogP contribution in [0, 0.1) is 11.3 Å². The quantitative estimate of drug-likeness (QED) is 0.793. The van der Waals surface area contributed by atoms with Crippen molar-refractivity contribution in [2.75, 3.05) is 7.05 Å². The monoisotopic (exact) mass is 228 g/mol. The molecule has 1 aromatic heterocycles. The van der Waals surface area contributed by atoms with Crippen molar-refractivity contribution in [1.29, 1.82) is 5.26 Å². The molecule has 0 saturated carbocycles. The molecular formula is C13H12N2O2. The van der Waals surface area contributed by atoms with Gasteiger partial charge in [0.05, 0.1) is 11.6 Å². The van der Waals surface area contributed by atoms with Crippen LogP contribution in [0.1, 0.15) is 17.3 Å². The van der Waals surface area contributed by atoms with Gasteiger partial charge < -0.3 is 9.32 Å². The molecule has 1 unspecified atom stereocenters. The predicted molar refractivity (Wildman–Crippen MR) is 63.4 cm³/mol. The van der Waals surface area contributed by atoms with Gasteiger partial charge in [0.1, 0.15) is 17.9 Å². The molecule has 0 radical (unpaired) electrons. The molecular weight excluding hydrogens is 216 g/mol. The van der Waals surface area contributed by atoms with Crippen molar-refractivity contribution in [3.63, 3.8) is 0 Å². The summed E-state index contributed by atoms with van der Waals surface area (Å²) in [5.41, 5.74) is 1.17. The van der Waals surface area contributed by atoms with Crippen molar-refractivity contribution >= 4 is 16.9 Å². The summed E-state index contributed by atoms with van der Waals surface area (Å²) in [5.74, 6) is -0.205. The number of benzene rings is 1. The molecule has 4 nitrogen and oxygen atoms in total. The molecule has 2 rings (SSSR count). The Morgan fingerprint density at radius 3 is 2.88 bits per heavy atom. The zero-order valence-corrected chi connectivity index (χ0v) is 9.68. The van der Waals surface area contributed by atoms with Crippen molar-refractivity contribution in [2.24, 2.45) is 0 Å². The van der Waals surface area contributed by atoms with Crippen LogP contribution in [0.3, 0.4) is 0 Å². The van der Waals surface area contributed by atoms with E-state index >= 15 is 0 Å². The van der Waals surface area contributed by atoms with Crippen LogP contribution < -0.4 is 0 Å². The number of para-hydroxylation sites is 1. The molecule has 0 bridgehead atoms. The lowest BCUT2D eigenvalue weighted by atomic mass is 10.1. The number of hydrogen-bond donors (Lipinski definition) is 0. The number of carbonyl (C=O) groups is 1. The van der Waals surface area contributed by atoms with Crippen LogP contribution in [0.5, 0.6) is 0 Å². The molecule has 0 fully saturated rings. The fourth-order valence-corrected chi connectivity index (χ4v) is 1.60.